The zero-order valence-electron chi connectivity index (χ0n) is 13.4. The first-order valence-electron chi connectivity index (χ1n) is 8.52. The van der Waals surface area contributed by atoms with E-state index in [9.17, 15) is 0 Å². The average Bonchev–Trinajstić information content (AvgIpc) is 3.27. The quantitative estimate of drug-likeness (QED) is 0.903. The van der Waals surface area contributed by atoms with Crippen molar-refractivity contribution in [3.8, 4) is 5.69 Å². The summed E-state index contributed by atoms with van der Waals surface area (Å²) in [6.07, 6.45) is 3.16. The Morgan fingerprint density at radius 1 is 1.09 bits per heavy atom. The second kappa shape index (κ2) is 6.78. The minimum Gasteiger partial charge on any atom is -0.314 e. The highest BCUT2D eigenvalue weighted by Gasteiger charge is 2.28. The number of rotatable bonds is 4. The molecular formula is C17H24N6. The van der Waals surface area contributed by atoms with Gasteiger partial charge in [-0.2, -0.15) is 15.0 Å². The van der Waals surface area contributed by atoms with E-state index >= 15 is 0 Å². The van der Waals surface area contributed by atoms with E-state index in [1.165, 1.54) is 19.5 Å². The molecule has 0 radical (unpaired) electrons. The van der Waals surface area contributed by atoms with Gasteiger partial charge in [0.1, 0.15) is 0 Å². The fourth-order valence-corrected chi connectivity index (χ4v) is 3.58. The highest BCUT2D eigenvalue weighted by Crippen LogP contribution is 2.18. The average molecular weight is 312 g/mol. The molecule has 2 aromatic rings. The summed E-state index contributed by atoms with van der Waals surface area (Å²) in [6, 6.07) is 10.8. The summed E-state index contributed by atoms with van der Waals surface area (Å²) in [6.45, 7) is 7.83. The molecule has 2 aliphatic heterocycles. The fraction of sp³-hybridized carbons (Fsp3) is 0.529. The normalized spacial score (nSPS) is 23.4. The molecule has 2 aliphatic rings. The van der Waals surface area contributed by atoms with Gasteiger partial charge in [0.05, 0.1) is 17.6 Å². The number of nitrogens with one attached hydrogen (secondary N) is 1. The third kappa shape index (κ3) is 3.44. The van der Waals surface area contributed by atoms with Crippen LogP contribution in [0, 0.1) is 0 Å². The molecule has 0 amide bonds. The van der Waals surface area contributed by atoms with Crippen LogP contribution < -0.4 is 5.32 Å². The first-order valence-corrected chi connectivity index (χ1v) is 8.52. The van der Waals surface area contributed by atoms with E-state index in [0.29, 0.717) is 6.04 Å². The van der Waals surface area contributed by atoms with Crippen LogP contribution in [0.4, 0.5) is 0 Å². The van der Waals surface area contributed by atoms with Crippen molar-refractivity contribution < 1.29 is 0 Å². The molecule has 1 unspecified atom stereocenters. The van der Waals surface area contributed by atoms with Crippen molar-refractivity contribution >= 4 is 0 Å². The number of benzene rings is 1. The van der Waals surface area contributed by atoms with Crippen LogP contribution in [0.15, 0.2) is 36.5 Å². The van der Waals surface area contributed by atoms with E-state index in [1.54, 1.807) is 4.80 Å². The van der Waals surface area contributed by atoms with Gasteiger partial charge in [-0.25, -0.2) is 0 Å². The van der Waals surface area contributed by atoms with Crippen LogP contribution in [0.5, 0.6) is 0 Å². The van der Waals surface area contributed by atoms with Crippen molar-refractivity contribution in [2.45, 2.75) is 19.0 Å². The summed E-state index contributed by atoms with van der Waals surface area (Å²) >= 11 is 0. The van der Waals surface area contributed by atoms with Gasteiger partial charge in [0, 0.05) is 51.9 Å². The zero-order valence-corrected chi connectivity index (χ0v) is 13.4. The molecule has 0 bridgehead atoms. The summed E-state index contributed by atoms with van der Waals surface area (Å²) in [5.41, 5.74) is 2.06. The highest BCUT2D eigenvalue weighted by atomic mass is 15.5. The topological polar surface area (TPSA) is 49.2 Å². The smallest absolute Gasteiger partial charge is 0.0971 e. The Balaban J connectivity index is 1.35. The van der Waals surface area contributed by atoms with E-state index in [4.69, 9.17) is 0 Å². The molecule has 6 heteroatoms. The Morgan fingerprint density at radius 2 is 1.91 bits per heavy atom. The summed E-state index contributed by atoms with van der Waals surface area (Å²) in [5.74, 6) is 0. The van der Waals surface area contributed by atoms with Crippen LogP contribution in [-0.4, -0.2) is 70.1 Å². The maximum absolute atomic E-state index is 4.62. The van der Waals surface area contributed by atoms with Crippen molar-refractivity contribution in [3.63, 3.8) is 0 Å². The summed E-state index contributed by atoms with van der Waals surface area (Å²) in [7, 11) is 0. The third-order valence-electron chi connectivity index (χ3n) is 4.83. The number of hydrogen-bond acceptors (Lipinski definition) is 5. The van der Waals surface area contributed by atoms with Gasteiger partial charge in [-0.1, -0.05) is 18.2 Å². The van der Waals surface area contributed by atoms with Crippen LogP contribution in [0.3, 0.4) is 0 Å². The van der Waals surface area contributed by atoms with E-state index in [-0.39, 0.29) is 0 Å². The SMILES string of the molecule is c1ccc(-n2ncc(CN3CCC(N4CCNCC4)C3)n2)cc1. The highest BCUT2D eigenvalue weighted by molar-refractivity contribution is 5.28. The van der Waals surface area contributed by atoms with Gasteiger partial charge < -0.3 is 5.32 Å². The van der Waals surface area contributed by atoms with Gasteiger partial charge in [-0.05, 0) is 18.6 Å². The Morgan fingerprint density at radius 3 is 2.74 bits per heavy atom. The number of nitrogens with zero attached hydrogens (tertiary/aromatic N) is 5. The molecule has 0 spiro atoms. The van der Waals surface area contributed by atoms with E-state index in [1.807, 2.05) is 36.5 Å². The molecule has 1 atom stereocenters. The number of likely N-dealkylation sites (tertiary alicyclic amines) is 1. The Kier molecular flexibility index (Phi) is 4.37. The number of piperazine rings is 1. The molecule has 6 nitrogen and oxygen atoms in total. The van der Waals surface area contributed by atoms with Gasteiger partial charge in [0.25, 0.3) is 0 Å². The lowest BCUT2D eigenvalue weighted by Gasteiger charge is -2.32. The third-order valence-corrected chi connectivity index (χ3v) is 4.83. The van der Waals surface area contributed by atoms with Crippen molar-refractivity contribution in [1.29, 1.82) is 0 Å². The lowest BCUT2D eigenvalue weighted by Crippen LogP contribution is -2.49. The molecule has 2 fully saturated rings. The second-order valence-corrected chi connectivity index (χ2v) is 6.42. The van der Waals surface area contributed by atoms with Crippen LogP contribution >= 0.6 is 0 Å². The van der Waals surface area contributed by atoms with Crippen LogP contribution in [0.25, 0.3) is 5.69 Å². The predicted molar refractivity (Wildman–Crippen MR) is 89.5 cm³/mol. The molecular weight excluding hydrogens is 288 g/mol. The lowest BCUT2D eigenvalue weighted by atomic mass is 10.2. The van der Waals surface area contributed by atoms with Crippen molar-refractivity contribution in [1.82, 2.24) is 30.1 Å². The Bertz CT molecular complexity index is 619. The first-order chi connectivity index (χ1) is 11.4. The lowest BCUT2D eigenvalue weighted by molar-refractivity contribution is 0.170. The van der Waals surface area contributed by atoms with Crippen molar-refractivity contribution in [2.75, 3.05) is 39.3 Å². The maximum Gasteiger partial charge on any atom is 0.0971 e. The predicted octanol–water partition coefficient (Wildman–Crippen LogP) is 0.747. The van der Waals surface area contributed by atoms with Crippen LogP contribution in [-0.2, 0) is 6.54 Å². The van der Waals surface area contributed by atoms with Crippen LogP contribution in [0.1, 0.15) is 12.1 Å². The van der Waals surface area contributed by atoms with E-state index < -0.39 is 0 Å². The second-order valence-electron chi connectivity index (χ2n) is 6.42. The monoisotopic (exact) mass is 312 g/mol. The van der Waals surface area contributed by atoms with Gasteiger partial charge in [0.15, 0.2) is 0 Å². The van der Waals surface area contributed by atoms with Crippen molar-refractivity contribution in [2.24, 2.45) is 0 Å². The first kappa shape index (κ1) is 14.8. The summed E-state index contributed by atoms with van der Waals surface area (Å²) in [5, 5.41) is 12.5. The van der Waals surface area contributed by atoms with Gasteiger partial charge in [-0.15, -0.1) is 0 Å². The van der Waals surface area contributed by atoms with Crippen LogP contribution in [0.2, 0.25) is 0 Å². The minimum atomic E-state index is 0.710. The molecule has 3 heterocycles. The van der Waals surface area contributed by atoms with Gasteiger partial charge in [-0.3, -0.25) is 9.80 Å². The standard InChI is InChI=1S/C17H24N6/c1-2-4-16(5-3-1)23-19-12-15(20-23)13-21-9-6-17(14-21)22-10-7-18-8-11-22/h1-5,12,17-18H,6-11,13-14H2. The zero-order chi connectivity index (χ0) is 15.5. The molecule has 4 rings (SSSR count). The number of hydrogen-bond donors (Lipinski definition) is 1. The molecule has 23 heavy (non-hydrogen) atoms. The molecule has 2 saturated heterocycles. The largest absolute Gasteiger partial charge is 0.314 e. The molecule has 1 aromatic heterocycles. The van der Waals surface area contributed by atoms with E-state index in [2.05, 4.69) is 25.3 Å². The summed E-state index contributed by atoms with van der Waals surface area (Å²) in [4.78, 5) is 6.86. The van der Waals surface area contributed by atoms with Crippen molar-refractivity contribution in [3.05, 3.63) is 42.2 Å². The van der Waals surface area contributed by atoms with E-state index in [0.717, 1.165) is 44.1 Å². The molecule has 122 valence electrons. The molecule has 0 saturated carbocycles. The minimum absolute atomic E-state index is 0.710. The molecule has 1 N–H and O–H groups in total. The Labute approximate surface area is 137 Å². The van der Waals surface area contributed by atoms with Gasteiger partial charge >= 0.3 is 0 Å². The maximum atomic E-state index is 4.62. The van der Waals surface area contributed by atoms with Gasteiger partial charge in [0.2, 0.25) is 0 Å². The molecule has 1 aromatic carbocycles. The molecule has 0 aliphatic carbocycles. The summed E-state index contributed by atoms with van der Waals surface area (Å²) < 4.78 is 0. The Hall–Kier alpha value is -1.76. The number of aromatic nitrogens is 3. The fourth-order valence-electron chi connectivity index (χ4n) is 3.58. The number of para-hydroxylation sites is 1.